The number of halogens is 2. The van der Waals surface area contributed by atoms with Crippen molar-refractivity contribution in [3.8, 4) is 0 Å². The van der Waals surface area contributed by atoms with Crippen LogP contribution < -0.4 is 5.32 Å². The molecule has 26 heavy (non-hydrogen) atoms. The summed E-state index contributed by atoms with van der Waals surface area (Å²) in [5, 5.41) is 11.3. The van der Waals surface area contributed by atoms with Crippen LogP contribution in [0.5, 0.6) is 0 Å². The number of aliphatic hydroxyl groups is 1. The summed E-state index contributed by atoms with van der Waals surface area (Å²) >= 11 is 0. The predicted octanol–water partition coefficient (Wildman–Crippen LogP) is 2.22. The Hall–Kier alpha value is -2.36. The molecule has 2 rings (SSSR count). The molecule has 0 saturated heterocycles. The number of hydrogen-bond donors (Lipinski definition) is 2. The number of anilines is 1. The first kappa shape index (κ1) is 20.0. The molecule has 9 heteroatoms. The minimum absolute atomic E-state index is 0.01000. The minimum Gasteiger partial charge on any atom is -0.395 e. The molecule has 0 saturated carbocycles. The molecule has 0 unspecified atom stereocenters. The number of carbonyl (C=O) groups excluding carboxylic acids is 1. The summed E-state index contributed by atoms with van der Waals surface area (Å²) < 4.78 is 52.6. The van der Waals surface area contributed by atoms with Crippen LogP contribution in [0.4, 0.5) is 14.5 Å². The second-order valence-electron chi connectivity index (χ2n) is 5.36. The van der Waals surface area contributed by atoms with Crippen LogP contribution in [0.3, 0.4) is 0 Å². The van der Waals surface area contributed by atoms with Gasteiger partial charge in [0, 0.05) is 30.4 Å². The van der Waals surface area contributed by atoms with E-state index < -0.39 is 27.6 Å². The number of nitrogens with one attached hydrogen (secondary N) is 1. The number of aliphatic hydroxyl groups excluding tert-OH is 1. The van der Waals surface area contributed by atoms with Crippen molar-refractivity contribution in [2.24, 2.45) is 0 Å². The fourth-order valence-electron chi connectivity index (χ4n) is 2.34. The van der Waals surface area contributed by atoms with Gasteiger partial charge in [-0.3, -0.25) is 4.79 Å². The van der Waals surface area contributed by atoms with E-state index in [2.05, 4.69) is 5.32 Å². The van der Waals surface area contributed by atoms with Crippen LogP contribution in [0.25, 0.3) is 0 Å². The van der Waals surface area contributed by atoms with Gasteiger partial charge in [0.2, 0.25) is 10.0 Å². The van der Waals surface area contributed by atoms with Crippen molar-refractivity contribution >= 4 is 21.6 Å². The molecule has 2 aromatic carbocycles. The van der Waals surface area contributed by atoms with E-state index in [0.29, 0.717) is 6.07 Å². The van der Waals surface area contributed by atoms with Gasteiger partial charge in [-0.1, -0.05) is 13.0 Å². The van der Waals surface area contributed by atoms with E-state index in [9.17, 15) is 22.0 Å². The highest BCUT2D eigenvalue weighted by atomic mass is 32.2. The molecule has 0 bridgehead atoms. The summed E-state index contributed by atoms with van der Waals surface area (Å²) in [7, 11) is -3.88. The van der Waals surface area contributed by atoms with Crippen LogP contribution in [0.2, 0.25) is 0 Å². The number of sulfonamides is 1. The zero-order valence-electron chi connectivity index (χ0n) is 13.9. The standard InChI is InChI=1S/C17H18F2N2O4S/c1-2-21(6-7-22)26(24,25)16-5-3-4-12(8-16)17(23)20-15-10-13(18)9-14(19)11-15/h3-5,8-11,22H,2,6-7H2,1H3,(H,20,23). The zero-order valence-corrected chi connectivity index (χ0v) is 14.8. The van der Waals surface area contributed by atoms with Gasteiger partial charge in [0.05, 0.1) is 11.5 Å². The number of benzene rings is 2. The lowest BCUT2D eigenvalue weighted by Crippen LogP contribution is -2.33. The maximum Gasteiger partial charge on any atom is 0.255 e. The molecule has 0 aromatic heterocycles. The fraction of sp³-hybridized carbons (Fsp3) is 0.235. The highest BCUT2D eigenvalue weighted by Gasteiger charge is 2.23. The first-order valence-corrected chi connectivity index (χ1v) is 9.20. The zero-order chi connectivity index (χ0) is 19.3. The number of nitrogens with zero attached hydrogens (tertiary/aromatic N) is 1. The molecule has 0 aliphatic carbocycles. The van der Waals surface area contributed by atoms with E-state index in [-0.39, 0.29) is 35.8 Å². The van der Waals surface area contributed by atoms with Gasteiger partial charge in [-0.15, -0.1) is 0 Å². The van der Waals surface area contributed by atoms with Crippen molar-refractivity contribution in [3.63, 3.8) is 0 Å². The Balaban J connectivity index is 2.29. The monoisotopic (exact) mass is 384 g/mol. The maximum absolute atomic E-state index is 13.2. The van der Waals surface area contributed by atoms with Crippen molar-refractivity contribution in [2.75, 3.05) is 25.0 Å². The van der Waals surface area contributed by atoms with Gasteiger partial charge in [0.15, 0.2) is 0 Å². The van der Waals surface area contributed by atoms with Crippen LogP contribution in [0, 0.1) is 11.6 Å². The summed E-state index contributed by atoms with van der Waals surface area (Å²) in [5.41, 5.74) is -0.0768. The molecule has 0 fully saturated rings. The van der Waals surface area contributed by atoms with Crippen molar-refractivity contribution in [1.82, 2.24) is 4.31 Å². The number of amides is 1. The predicted molar refractivity (Wildman–Crippen MR) is 92.3 cm³/mol. The van der Waals surface area contributed by atoms with E-state index in [1.165, 1.54) is 24.3 Å². The number of hydrogen-bond acceptors (Lipinski definition) is 4. The van der Waals surface area contributed by atoms with E-state index in [0.717, 1.165) is 16.4 Å². The summed E-state index contributed by atoms with van der Waals surface area (Å²) in [5.74, 6) is -2.41. The third-order valence-electron chi connectivity index (χ3n) is 3.56. The van der Waals surface area contributed by atoms with Crippen molar-refractivity contribution < 1.29 is 27.1 Å². The highest BCUT2D eigenvalue weighted by Crippen LogP contribution is 2.19. The summed E-state index contributed by atoms with van der Waals surface area (Å²) in [6.07, 6.45) is 0. The highest BCUT2D eigenvalue weighted by molar-refractivity contribution is 7.89. The second-order valence-corrected chi connectivity index (χ2v) is 7.30. The van der Waals surface area contributed by atoms with E-state index in [1.54, 1.807) is 6.92 Å². The van der Waals surface area contributed by atoms with E-state index in [4.69, 9.17) is 5.11 Å². The Kier molecular flexibility index (Phi) is 6.41. The molecule has 0 spiro atoms. The number of rotatable bonds is 7. The maximum atomic E-state index is 13.2. The first-order chi connectivity index (χ1) is 12.3. The third kappa shape index (κ3) is 4.63. The third-order valence-corrected chi connectivity index (χ3v) is 5.53. The van der Waals surface area contributed by atoms with Crippen LogP contribution in [0.1, 0.15) is 17.3 Å². The summed E-state index contributed by atoms with van der Waals surface area (Å²) in [6, 6.07) is 7.83. The van der Waals surface area contributed by atoms with Crippen LogP contribution >= 0.6 is 0 Å². The Morgan fingerprint density at radius 1 is 1.15 bits per heavy atom. The lowest BCUT2D eigenvalue weighted by Gasteiger charge is -2.19. The number of likely N-dealkylation sites (N-methyl/N-ethyl adjacent to an activating group) is 1. The first-order valence-electron chi connectivity index (χ1n) is 7.76. The topological polar surface area (TPSA) is 86.7 Å². The summed E-state index contributed by atoms with van der Waals surface area (Å²) in [6.45, 7) is 1.38. The SMILES string of the molecule is CCN(CCO)S(=O)(=O)c1cccc(C(=O)Nc2cc(F)cc(F)c2)c1. The Morgan fingerprint density at radius 2 is 1.81 bits per heavy atom. The normalized spacial score (nSPS) is 11.6. The molecule has 0 heterocycles. The van der Waals surface area contributed by atoms with Gasteiger partial charge in [-0.05, 0) is 30.3 Å². The van der Waals surface area contributed by atoms with Crippen LogP contribution in [-0.2, 0) is 10.0 Å². The van der Waals surface area contributed by atoms with Gasteiger partial charge in [-0.25, -0.2) is 17.2 Å². The minimum atomic E-state index is -3.88. The average Bonchev–Trinajstić information content (AvgIpc) is 2.58. The molecule has 6 nitrogen and oxygen atoms in total. The smallest absolute Gasteiger partial charge is 0.255 e. The number of carbonyl (C=O) groups is 1. The van der Waals surface area contributed by atoms with Gasteiger partial charge in [-0.2, -0.15) is 4.31 Å². The molecular weight excluding hydrogens is 366 g/mol. The van der Waals surface area contributed by atoms with Crippen molar-refractivity contribution in [2.45, 2.75) is 11.8 Å². The van der Waals surface area contributed by atoms with Gasteiger partial charge in [0.1, 0.15) is 11.6 Å². The Bertz CT molecular complexity index is 883. The molecule has 0 aliphatic rings. The summed E-state index contributed by atoms with van der Waals surface area (Å²) in [4.78, 5) is 12.2. The molecule has 1 amide bonds. The largest absolute Gasteiger partial charge is 0.395 e. The molecule has 0 aliphatic heterocycles. The molecule has 2 aromatic rings. The Morgan fingerprint density at radius 3 is 2.38 bits per heavy atom. The van der Waals surface area contributed by atoms with E-state index in [1.807, 2.05) is 0 Å². The molecule has 0 radical (unpaired) electrons. The molecule has 140 valence electrons. The average molecular weight is 384 g/mol. The van der Waals surface area contributed by atoms with E-state index >= 15 is 0 Å². The van der Waals surface area contributed by atoms with Gasteiger partial charge < -0.3 is 10.4 Å². The lowest BCUT2D eigenvalue weighted by atomic mass is 10.2. The lowest BCUT2D eigenvalue weighted by molar-refractivity contribution is 0.102. The quantitative estimate of drug-likeness (QED) is 0.766. The fourth-order valence-corrected chi connectivity index (χ4v) is 3.82. The van der Waals surface area contributed by atoms with Crippen LogP contribution in [-0.4, -0.2) is 43.4 Å². The molecular formula is C17H18F2N2O4S. The second kappa shape index (κ2) is 8.35. The van der Waals surface area contributed by atoms with Gasteiger partial charge in [0.25, 0.3) is 5.91 Å². The van der Waals surface area contributed by atoms with Gasteiger partial charge >= 0.3 is 0 Å². The molecule has 2 N–H and O–H groups in total. The van der Waals surface area contributed by atoms with Crippen LogP contribution in [0.15, 0.2) is 47.4 Å². The van der Waals surface area contributed by atoms with Crippen molar-refractivity contribution in [1.29, 1.82) is 0 Å². The van der Waals surface area contributed by atoms with Crippen molar-refractivity contribution in [3.05, 3.63) is 59.7 Å². The molecule has 0 atom stereocenters. The Labute approximate surface area is 150 Å².